The van der Waals surface area contributed by atoms with Crippen molar-refractivity contribution in [2.45, 2.75) is 0 Å². The van der Waals surface area contributed by atoms with Crippen LogP contribution in [0.15, 0.2) is 29.5 Å². The summed E-state index contributed by atoms with van der Waals surface area (Å²) in [6.07, 6.45) is 0. The first-order chi connectivity index (χ1) is 11.1. The maximum atomic E-state index is 12.0. The third-order valence-electron chi connectivity index (χ3n) is 3.15. The largest absolute Gasteiger partial charge is 0.569 e. The highest BCUT2D eigenvalue weighted by Gasteiger charge is 2.35. The molecule has 1 aliphatic heterocycles. The predicted octanol–water partition coefficient (Wildman–Crippen LogP) is -0.664. The zero-order valence-electron chi connectivity index (χ0n) is 12.2. The Labute approximate surface area is 131 Å². The van der Waals surface area contributed by atoms with Crippen molar-refractivity contribution in [1.82, 2.24) is 9.91 Å². The van der Waals surface area contributed by atoms with Crippen LogP contribution in [0.1, 0.15) is 20.7 Å². The molecule has 2 rings (SSSR count). The Morgan fingerprint density at radius 3 is 2.13 bits per heavy atom. The smallest absolute Gasteiger partial charge is 0.264 e. The minimum atomic E-state index is -0.527. The summed E-state index contributed by atoms with van der Waals surface area (Å²) < 4.78 is 0. The van der Waals surface area contributed by atoms with E-state index in [4.69, 9.17) is 15.1 Å². The normalized spacial score (nSPS) is 14.2. The molecule has 0 aromatic heterocycles. The molecular weight excluding hydrogens is 308 g/mol. The number of nitrogens with zero attached hydrogens (tertiary/aromatic N) is 4. The third kappa shape index (κ3) is 3.55. The Morgan fingerprint density at radius 2 is 1.65 bits per heavy atom. The van der Waals surface area contributed by atoms with Crippen LogP contribution in [-0.2, 0) is 4.84 Å². The van der Waals surface area contributed by atoms with E-state index in [1.807, 2.05) is 0 Å². The van der Waals surface area contributed by atoms with Gasteiger partial charge in [-0.05, 0) is 12.1 Å². The van der Waals surface area contributed by atoms with Crippen molar-refractivity contribution in [3.63, 3.8) is 0 Å². The van der Waals surface area contributed by atoms with E-state index >= 15 is 0 Å². The molecule has 0 aliphatic carbocycles. The second-order valence-corrected chi connectivity index (χ2v) is 4.58. The fourth-order valence-electron chi connectivity index (χ4n) is 2.05. The highest BCUT2D eigenvalue weighted by atomic mass is 16.7. The molecule has 0 spiro atoms. The number of carbonyl (C=O) groups is 2. The van der Waals surface area contributed by atoms with Gasteiger partial charge in [0.15, 0.2) is 0 Å². The molecule has 0 bridgehead atoms. The van der Waals surface area contributed by atoms with E-state index < -0.39 is 18.5 Å². The summed E-state index contributed by atoms with van der Waals surface area (Å²) in [6.45, 7) is -1.25. The maximum absolute atomic E-state index is 12.0. The van der Waals surface area contributed by atoms with Gasteiger partial charge in [0.05, 0.1) is 29.3 Å². The third-order valence-corrected chi connectivity index (χ3v) is 3.15. The molecule has 2 amide bonds. The van der Waals surface area contributed by atoms with Crippen LogP contribution in [0.4, 0.5) is 0 Å². The van der Waals surface area contributed by atoms with Gasteiger partial charge in [0, 0.05) is 0 Å². The summed E-state index contributed by atoms with van der Waals surface area (Å²) in [7, 11) is 0. The van der Waals surface area contributed by atoms with E-state index in [-0.39, 0.29) is 42.4 Å². The summed E-state index contributed by atoms with van der Waals surface area (Å²) in [4.78, 5) is 29.7. The number of hydrogen-bond donors (Lipinski definition) is 2. The van der Waals surface area contributed by atoms with Crippen molar-refractivity contribution < 1.29 is 29.6 Å². The quantitative estimate of drug-likeness (QED) is 0.281. The van der Waals surface area contributed by atoms with Gasteiger partial charge in [-0.15, -0.1) is 5.01 Å². The molecule has 0 saturated heterocycles. The van der Waals surface area contributed by atoms with Crippen molar-refractivity contribution in [3.05, 3.63) is 40.6 Å². The van der Waals surface area contributed by atoms with Gasteiger partial charge >= 0.3 is 0 Å². The van der Waals surface area contributed by atoms with Crippen LogP contribution < -0.4 is 0 Å². The summed E-state index contributed by atoms with van der Waals surface area (Å²) in [5.41, 5.74) is 0.532. The molecule has 0 unspecified atom stereocenters. The van der Waals surface area contributed by atoms with E-state index in [2.05, 4.69) is 5.28 Å². The lowest BCUT2D eigenvalue weighted by atomic mass is 10.1. The Bertz CT molecular complexity index is 579. The van der Waals surface area contributed by atoms with Crippen molar-refractivity contribution in [3.8, 4) is 0 Å². The van der Waals surface area contributed by atoms with Crippen molar-refractivity contribution >= 4 is 11.8 Å². The molecule has 124 valence electrons. The fourth-order valence-corrected chi connectivity index (χ4v) is 2.05. The minimum Gasteiger partial charge on any atom is -0.569 e. The second kappa shape index (κ2) is 7.51. The molecule has 0 radical (unpaired) electrons. The number of hydrazine groups is 1. The van der Waals surface area contributed by atoms with Gasteiger partial charge < -0.3 is 20.3 Å². The number of aliphatic hydroxyl groups is 2. The SMILES string of the molecule is O=C1c2ccccc2C(=O)N1CO/N=[N+](/[O-])N(CCO)CCO. The summed E-state index contributed by atoms with van der Waals surface area (Å²) in [5.74, 6) is -1.05. The predicted molar refractivity (Wildman–Crippen MR) is 74.7 cm³/mol. The molecule has 2 N–H and O–H groups in total. The topological polar surface area (TPSA) is 129 Å². The Morgan fingerprint density at radius 1 is 1.13 bits per heavy atom. The molecule has 1 heterocycles. The number of imide groups is 1. The van der Waals surface area contributed by atoms with Crippen LogP contribution in [-0.4, -0.2) is 69.9 Å². The zero-order valence-corrected chi connectivity index (χ0v) is 12.2. The van der Waals surface area contributed by atoms with E-state index in [1.54, 1.807) is 12.1 Å². The molecule has 0 atom stereocenters. The van der Waals surface area contributed by atoms with Gasteiger partial charge in [-0.2, -0.15) is 0 Å². The number of benzene rings is 1. The summed E-state index contributed by atoms with van der Waals surface area (Å²) in [5, 5.41) is 33.4. The Balaban J connectivity index is 1.98. The van der Waals surface area contributed by atoms with E-state index in [1.165, 1.54) is 12.1 Å². The van der Waals surface area contributed by atoms with Gasteiger partial charge in [0.1, 0.15) is 13.1 Å². The molecule has 10 heteroatoms. The number of amides is 2. The average molecular weight is 324 g/mol. The number of carbonyl (C=O) groups excluding carboxylic acids is 2. The molecule has 10 nitrogen and oxygen atoms in total. The van der Waals surface area contributed by atoms with Gasteiger partial charge in [0.25, 0.3) is 11.8 Å². The van der Waals surface area contributed by atoms with E-state index in [0.717, 1.165) is 9.91 Å². The lowest BCUT2D eigenvalue weighted by Crippen LogP contribution is -2.36. The van der Waals surface area contributed by atoms with Crippen LogP contribution in [0.3, 0.4) is 0 Å². The zero-order chi connectivity index (χ0) is 16.8. The molecule has 0 fully saturated rings. The van der Waals surface area contributed by atoms with E-state index in [0.29, 0.717) is 0 Å². The lowest BCUT2D eigenvalue weighted by Gasteiger charge is -2.16. The number of hydrogen-bond acceptors (Lipinski definition) is 7. The standard InChI is InChI=1S/C13H16N4O6/c18-7-5-15(6-8-19)17(22)14-23-9-16-12(20)10-3-1-2-4-11(10)13(16)21/h1-4,18-19H,5-9H2/b17-14+. The lowest BCUT2D eigenvalue weighted by molar-refractivity contribution is -0.711. The van der Waals surface area contributed by atoms with Crippen molar-refractivity contribution in [2.75, 3.05) is 33.0 Å². The number of rotatable bonds is 8. The molecule has 1 aromatic rings. The van der Waals surface area contributed by atoms with Crippen molar-refractivity contribution in [1.29, 1.82) is 0 Å². The second-order valence-electron chi connectivity index (χ2n) is 4.58. The molecular formula is C13H16N4O6. The van der Waals surface area contributed by atoms with E-state index in [9.17, 15) is 14.8 Å². The van der Waals surface area contributed by atoms with Gasteiger partial charge in [0.2, 0.25) is 12.0 Å². The number of aliphatic hydroxyl groups excluding tert-OH is 2. The van der Waals surface area contributed by atoms with Crippen molar-refractivity contribution in [2.24, 2.45) is 5.28 Å². The minimum absolute atomic E-state index is 0.0462. The monoisotopic (exact) mass is 324 g/mol. The van der Waals surface area contributed by atoms with Crippen LogP contribution in [0.25, 0.3) is 0 Å². The highest BCUT2D eigenvalue weighted by molar-refractivity contribution is 6.21. The van der Waals surface area contributed by atoms with Crippen LogP contribution in [0.2, 0.25) is 0 Å². The van der Waals surface area contributed by atoms with Crippen LogP contribution in [0.5, 0.6) is 0 Å². The van der Waals surface area contributed by atoms with Gasteiger partial charge in [-0.3, -0.25) is 9.59 Å². The van der Waals surface area contributed by atoms with Crippen LogP contribution >= 0.6 is 0 Å². The summed E-state index contributed by atoms with van der Waals surface area (Å²) >= 11 is 0. The van der Waals surface area contributed by atoms with Gasteiger partial charge in [-0.1, -0.05) is 12.1 Å². The molecule has 23 heavy (non-hydrogen) atoms. The first-order valence-corrected chi connectivity index (χ1v) is 6.82. The van der Waals surface area contributed by atoms with Crippen LogP contribution in [0, 0.1) is 5.21 Å². The Hall–Kier alpha value is -2.72. The summed E-state index contributed by atoms with van der Waals surface area (Å²) in [6, 6.07) is 6.33. The Kier molecular flexibility index (Phi) is 5.44. The average Bonchev–Trinajstić information content (AvgIpc) is 2.80. The highest BCUT2D eigenvalue weighted by Crippen LogP contribution is 2.22. The first-order valence-electron chi connectivity index (χ1n) is 6.82. The molecule has 1 aromatic carbocycles. The molecule has 1 aliphatic rings. The fraction of sp³-hybridized carbons (Fsp3) is 0.385. The number of fused-ring (bicyclic) bond motifs is 1. The first kappa shape index (κ1) is 16.6. The molecule has 0 saturated carbocycles. The van der Waals surface area contributed by atoms with Gasteiger partial charge in [-0.25, -0.2) is 4.90 Å². The maximum Gasteiger partial charge on any atom is 0.264 e.